The molecule has 0 aromatic rings. The Kier molecular flexibility index (Phi) is 3.56. The summed E-state index contributed by atoms with van der Waals surface area (Å²) in [6.07, 6.45) is 8.34. The van der Waals surface area contributed by atoms with Crippen molar-refractivity contribution < 1.29 is 14.6 Å². The van der Waals surface area contributed by atoms with E-state index in [9.17, 15) is 4.79 Å². The molecule has 16 heavy (non-hydrogen) atoms. The van der Waals surface area contributed by atoms with Gasteiger partial charge in [0.05, 0.1) is 12.7 Å². The molecule has 3 heteroatoms. The molecule has 0 fully saturated rings. The minimum atomic E-state index is -0.662. The van der Waals surface area contributed by atoms with Gasteiger partial charge in [-0.2, -0.15) is 0 Å². The van der Waals surface area contributed by atoms with Gasteiger partial charge in [0.25, 0.3) is 0 Å². The minimum absolute atomic E-state index is 0.0496. The first kappa shape index (κ1) is 11.6. The summed E-state index contributed by atoms with van der Waals surface area (Å²) in [5, 5.41) is 9.05. The van der Waals surface area contributed by atoms with E-state index in [2.05, 4.69) is 13.0 Å². The van der Waals surface area contributed by atoms with Crippen molar-refractivity contribution in [2.75, 3.05) is 6.61 Å². The third kappa shape index (κ3) is 2.25. The molecule has 0 aromatic carbocycles. The van der Waals surface area contributed by atoms with Crippen LogP contribution in [0, 0.1) is 5.92 Å². The van der Waals surface area contributed by atoms with Gasteiger partial charge < -0.3 is 9.84 Å². The van der Waals surface area contributed by atoms with Gasteiger partial charge in [-0.25, -0.2) is 0 Å². The third-order valence-electron chi connectivity index (χ3n) is 3.42. The van der Waals surface area contributed by atoms with Crippen LogP contribution in [0.5, 0.6) is 0 Å². The first-order valence-electron chi connectivity index (χ1n) is 5.87. The summed E-state index contributed by atoms with van der Waals surface area (Å²) in [5.74, 6) is 0.239. The Balaban J connectivity index is 2.10. The van der Waals surface area contributed by atoms with Gasteiger partial charge in [0.2, 0.25) is 0 Å². The first-order chi connectivity index (χ1) is 7.72. The van der Waals surface area contributed by atoms with E-state index in [0.717, 1.165) is 12.8 Å². The number of aliphatic hydroxyl groups excluding tert-OH is 1. The summed E-state index contributed by atoms with van der Waals surface area (Å²) in [4.78, 5) is 11.3. The fraction of sp³-hybridized carbons (Fsp3) is 0.615. The molecule has 0 saturated heterocycles. The van der Waals surface area contributed by atoms with E-state index >= 15 is 0 Å². The lowest BCUT2D eigenvalue weighted by molar-refractivity contribution is -0.134. The van der Waals surface area contributed by atoms with E-state index in [-0.39, 0.29) is 18.5 Å². The maximum atomic E-state index is 11.3. The highest BCUT2D eigenvalue weighted by Gasteiger charge is 2.31. The molecule has 3 nitrogen and oxygen atoms in total. The van der Waals surface area contributed by atoms with Crippen molar-refractivity contribution in [3.63, 3.8) is 0 Å². The Bertz CT molecular complexity index is 330. The second-order valence-electron chi connectivity index (χ2n) is 4.52. The van der Waals surface area contributed by atoms with Gasteiger partial charge in [-0.1, -0.05) is 17.7 Å². The van der Waals surface area contributed by atoms with Crippen molar-refractivity contribution >= 4 is 5.78 Å². The molecule has 88 valence electrons. The average molecular weight is 222 g/mol. The van der Waals surface area contributed by atoms with E-state index in [1.165, 1.54) is 12.0 Å². The van der Waals surface area contributed by atoms with Crippen molar-refractivity contribution in [2.24, 2.45) is 5.92 Å². The van der Waals surface area contributed by atoms with Crippen molar-refractivity contribution in [1.82, 2.24) is 0 Å². The number of carbonyl (C=O) groups excluding carboxylic acids is 1. The Labute approximate surface area is 95.8 Å². The average Bonchev–Trinajstić information content (AvgIpc) is 2.31. The van der Waals surface area contributed by atoms with Crippen molar-refractivity contribution in [3.8, 4) is 0 Å². The topological polar surface area (TPSA) is 46.5 Å². The Morgan fingerprint density at radius 1 is 1.56 bits per heavy atom. The van der Waals surface area contributed by atoms with Crippen LogP contribution in [-0.2, 0) is 9.53 Å². The molecule has 0 spiro atoms. The molecule has 1 heterocycles. The molecule has 3 atom stereocenters. The number of aliphatic hydroxyl groups is 1. The third-order valence-corrected chi connectivity index (χ3v) is 3.42. The summed E-state index contributed by atoms with van der Waals surface area (Å²) < 4.78 is 5.63. The van der Waals surface area contributed by atoms with Crippen LogP contribution in [0.2, 0.25) is 0 Å². The summed E-state index contributed by atoms with van der Waals surface area (Å²) in [6, 6.07) is 0. The van der Waals surface area contributed by atoms with Crippen LogP contribution >= 0.6 is 0 Å². The van der Waals surface area contributed by atoms with Crippen molar-refractivity contribution in [2.45, 2.75) is 38.4 Å². The van der Waals surface area contributed by atoms with Gasteiger partial charge in [-0.05, 0) is 32.3 Å². The van der Waals surface area contributed by atoms with Gasteiger partial charge in [-0.15, -0.1) is 0 Å². The number of ketones is 1. The Morgan fingerprint density at radius 3 is 3.06 bits per heavy atom. The molecule has 1 aliphatic heterocycles. The zero-order valence-corrected chi connectivity index (χ0v) is 9.56. The number of allylic oxidation sites excluding steroid dienone is 1. The number of ether oxygens (including phenoxy) is 1. The lowest BCUT2D eigenvalue weighted by Crippen LogP contribution is -2.38. The predicted octanol–water partition coefficient (Wildman–Crippen LogP) is 1.62. The predicted molar refractivity (Wildman–Crippen MR) is 61.0 cm³/mol. The Morgan fingerprint density at radius 2 is 2.38 bits per heavy atom. The van der Waals surface area contributed by atoms with Crippen LogP contribution in [0.25, 0.3) is 0 Å². The van der Waals surface area contributed by atoms with Crippen LogP contribution in [0.1, 0.15) is 26.2 Å². The number of hydrogen-bond acceptors (Lipinski definition) is 3. The van der Waals surface area contributed by atoms with E-state index in [1.807, 2.05) is 6.08 Å². The molecule has 0 saturated carbocycles. The van der Waals surface area contributed by atoms with Crippen LogP contribution in [0.4, 0.5) is 0 Å². The molecule has 2 aliphatic rings. The van der Waals surface area contributed by atoms with Crippen molar-refractivity contribution in [3.05, 3.63) is 23.8 Å². The van der Waals surface area contributed by atoms with E-state index in [0.29, 0.717) is 5.92 Å². The SMILES string of the molecule is CC1=CCCCC1[C@@H]1C=CC(=O)[C@@H](CO)O1. The van der Waals surface area contributed by atoms with Crippen LogP contribution in [0.3, 0.4) is 0 Å². The van der Waals surface area contributed by atoms with Gasteiger partial charge >= 0.3 is 0 Å². The molecular formula is C13H18O3. The number of rotatable bonds is 2. The van der Waals surface area contributed by atoms with Crippen LogP contribution in [0.15, 0.2) is 23.8 Å². The normalized spacial score (nSPS) is 35.0. The van der Waals surface area contributed by atoms with Crippen LogP contribution < -0.4 is 0 Å². The zero-order valence-electron chi connectivity index (χ0n) is 9.56. The summed E-state index contributed by atoms with van der Waals surface area (Å²) in [7, 11) is 0. The lowest BCUT2D eigenvalue weighted by Gasteiger charge is -2.32. The highest BCUT2D eigenvalue weighted by atomic mass is 16.5. The molecule has 1 unspecified atom stereocenters. The van der Waals surface area contributed by atoms with Gasteiger partial charge in [-0.3, -0.25) is 4.79 Å². The molecule has 0 bridgehead atoms. The lowest BCUT2D eigenvalue weighted by atomic mass is 9.83. The maximum absolute atomic E-state index is 11.3. The summed E-state index contributed by atoms with van der Waals surface area (Å²) >= 11 is 0. The van der Waals surface area contributed by atoms with Crippen LogP contribution in [-0.4, -0.2) is 29.7 Å². The zero-order chi connectivity index (χ0) is 11.5. The molecule has 0 amide bonds. The molecule has 1 aliphatic carbocycles. The largest absolute Gasteiger partial charge is 0.393 e. The van der Waals surface area contributed by atoms with Gasteiger partial charge in [0.15, 0.2) is 5.78 Å². The second-order valence-corrected chi connectivity index (χ2v) is 4.52. The highest BCUT2D eigenvalue weighted by molar-refractivity contribution is 5.94. The number of hydrogen-bond donors (Lipinski definition) is 1. The maximum Gasteiger partial charge on any atom is 0.186 e. The van der Waals surface area contributed by atoms with Gasteiger partial charge in [0.1, 0.15) is 6.10 Å². The van der Waals surface area contributed by atoms with E-state index in [1.54, 1.807) is 6.08 Å². The Hall–Kier alpha value is -0.930. The smallest absolute Gasteiger partial charge is 0.186 e. The molecule has 1 N–H and O–H groups in total. The molecule has 2 rings (SSSR count). The summed E-state index contributed by atoms with van der Waals surface area (Å²) in [5.41, 5.74) is 1.34. The highest BCUT2D eigenvalue weighted by Crippen LogP contribution is 2.31. The van der Waals surface area contributed by atoms with E-state index in [4.69, 9.17) is 9.84 Å². The second kappa shape index (κ2) is 4.93. The van der Waals surface area contributed by atoms with E-state index < -0.39 is 6.10 Å². The minimum Gasteiger partial charge on any atom is -0.393 e. The first-order valence-corrected chi connectivity index (χ1v) is 5.87. The molecule has 0 aromatic heterocycles. The summed E-state index contributed by atoms with van der Waals surface area (Å²) in [6.45, 7) is 1.89. The quantitative estimate of drug-likeness (QED) is 0.722. The van der Waals surface area contributed by atoms with Gasteiger partial charge in [0, 0.05) is 5.92 Å². The monoisotopic (exact) mass is 222 g/mol. The fourth-order valence-electron chi connectivity index (χ4n) is 2.43. The van der Waals surface area contributed by atoms with Crippen molar-refractivity contribution in [1.29, 1.82) is 0 Å². The number of carbonyl (C=O) groups is 1. The molecular weight excluding hydrogens is 204 g/mol. The molecule has 0 radical (unpaired) electrons. The standard InChI is InChI=1S/C13H18O3/c1-9-4-2-3-5-10(9)12-7-6-11(15)13(8-14)16-12/h4,6-7,10,12-14H,2-3,5,8H2,1H3/t10?,12-,13+/m0/s1. The fourth-order valence-corrected chi connectivity index (χ4v) is 2.43.